The van der Waals surface area contributed by atoms with E-state index >= 15 is 0 Å². The largest absolute Gasteiger partial charge is 0.376 e. The molecule has 0 saturated heterocycles. The molecule has 0 N–H and O–H groups in total. The van der Waals surface area contributed by atoms with Crippen LogP contribution in [-0.2, 0) is 4.74 Å². The third-order valence-electron chi connectivity index (χ3n) is 6.45. The van der Waals surface area contributed by atoms with E-state index in [2.05, 4.69) is 39.0 Å². The van der Waals surface area contributed by atoms with Crippen LogP contribution in [0.4, 0.5) is 0 Å². The van der Waals surface area contributed by atoms with E-state index in [1.807, 2.05) is 0 Å². The van der Waals surface area contributed by atoms with Crippen molar-refractivity contribution in [2.24, 2.45) is 47.3 Å². The lowest BCUT2D eigenvalue weighted by atomic mass is 9.65. The van der Waals surface area contributed by atoms with Gasteiger partial charge in [0.15, 0.2) is 0 Å². The van der Waals surface area contributed by atoms with Crippen LogP contribution in [0.2, 0.25) is 0 Å². The lowest BCUT2D eigenvalue weighted by Gasteiger charge is -2.40. The molecule has 8 unspecified atom stereocenters. The Hall–Kier alpha value is -0.810. The monoisotopic (exact) mass is 271 g/mol. The fraction of sp³-hybridized carbons (Fsp3) is 0.833. The van der Waals surface area contributed by atoms with Crippen molar-refractivity contribution in [2.45, 2.75) is 39.2 Å². The van der Waals surface area contributed by atoms with Crippen LogP contribution in [0.3, 0.4) is 0 Å². The Bertz CT molecular complexity index is 483. The lowest BCUT2D eigenvalue weighted by Crippen LogP contribution is -2.39. The molecule has 2 heteroatoms. The second kappa shape index (κ2) is 4.10. The van der Waals surface area contributed by atoms with Gasteiger partial charge in [0.25, 0.3) is 0 Å². The molecule has 108 valence electrons. The Labute approximate surface area is 122 Å². The van der Waals surface area contributed by atoms with Gasteiger partial charge in [-0.25, -0.2) is 0 Å². The van der Waals surface area contributed by atoms with E-state index in [1.54, 1.807) is 0 Å². The van der Waals surface area contributed by atoms with Crippen LogP contribution in [0.1, 0.15) is 33.6 Å². The van der Waals surface area contributed by atoms with Crippen LogP contribution >= 0.6 is 0 Å². The van der Waals surface area contributed by atoms with Gasteiger partial charge in [0.2, 0.25) is 0 Å². The third kappa shape index (κ3) is 1.65. The van der Waals surface area contributed by atoms with Crippen molar-refractivity contribution in [3.05, 3.63) is 12.2 Å². The number of hydrogen-bond donors (Lipinski definition) is 0. The SMILES string of the molecule is CC(C)(C)OCC1C(C#N)C2CC1C1C3C=CC(C3)C21. The smallest absolute Gasteiger partial charge is 0.0662 e. The van der Waals surface area contributed by atoms with E-state index in [0.29, 0.717) is 11.8 Å². The molecule has 0 aromatic heterocycles. The van der Waals surface area contributed by atoms with Gasteiger partial charge in [-0.1, -0.05) is 12.2 Å². The standard InChI is InChI=1S/C18H25NO/c1-18(2,3)20-9-15-13-7-12(14(15)8-19)16-10-4-5-11(6-10)17(13)16/h4-5,10-17H,6-7,9H2,1-3H3. The molecule has 3 saturated carbocycles. The van der Waals surface area contributed by atoms with Gasteiger partial charge in [-0.3, -0.25) is 0 Å². The van der Waals surface area contributed by atoms with Crippen LogP contribution in [-0.4, -0.2) is 12.2 Å². The van der Waals surface area contributed by atoms with Gasteiger partial charge < -0.3 is 4.74 Å². The molecule has 0 aromatic rings. The van der Waals surface area contributed by atoms with Gasteiger partial charge in [0.1, 0.15) is 0 Å². The van der Waals surface area contributed by atoms with Gasteiger partial charge in [0.05, 0.1) is 24.2 Å². The number of nitrogens with zero attached hydrogens (tertiary/aromatic N) is 1. The molecule has 20 heavy (non-hydrogen) atoms. The molecule has 0 aromatic carbocycles. The van der Waals surface area contributed by atoms with E-state index in [4.69, 9.17) is 4.74 Å². The predicted molar refractivity (Wildman–Crippen MR) is 77.6 cm³/mol. The number of nitriles is 1. The molecule has 0 aliphatic heterocycles. The summed E-state index contributed by atoms with van der Waals surface area (Å²) >= 11 is 0. The zero-order valence-electron chi connectivity index (χ0n) is 12.8. The Morgan fingerprint density at radius 2 is 1.75 bits per heavy atom. The second-order valence-corrected chi connectivity index (χ2v) is 8.41. The van der Waals surface area contributed by atoms with Crippen LogP contribution in [0.25, 0.3) is 0 Å². The van der Waals surface area contributed by atoms with E-state index in [1.165, 1.54) is 12.8 Å². The summed E-state index contributed by atoms with van der Waals surface area (Å²) in [5, 5.41) is 9.65. The average molecular weight is 271 g/mol. The maximum absolute atomic E-state index is 9.65. The molecular weight excluding hydrogens is 246 g/mol. The van der Waals surface area contributed by atoms with Crippen LogP contribution in [0, 0.1) is 58.7 Å². The van der Waals surface area contributed by atoms with Crippen molar-refractivity contribution < 1.29 is 4.74 Å². The first-order valence-corrected chi connectivity index (χ1v) is 8.21. The van der Waals surface area contributed by atoms with Crippen molar-refractivity contribution in [1.29, 1.82) is 5.26 Å². The number of ether oxygens (including phenoxy) is 1. The van der Waals surface area contributed by atoms with Crippen molar-refractivity contribution in [2.75, 3.05) is 6.61 Å². The van der Waals surface area contributed by atoms with Gasteiger partial charge in [-0.15, -0.1) is 0 Å². The van der Waals surface area contributed by atoms with Crippen LogP contribution < -0.4 is 0 Å². The Balaban J connectivity index is 1.57. The van der Waals surface area contributed by atoms with Crippen molar-refractivity contribution in [1.82, 2.24) is 0 Å². The highest BCUT2D eigenvalue weighted by Gasteiger charge is 2.64. The third-order valence-corrected chi connectivity index (χ3v) is 6.45. The summed E-state index contributed by atoms with van der Waals surface area (Å²) in [5.41, 5.74) is -0.0875. The summed E-state index contributed by atoms with van der Waals surface area (Å²) < 4.78 is 6.06. The molecule has 0 spiro atoms. The highest BCUT2D eigenvalue weighted by Crippen LogP contribution is 2.68. The molecule has 0 amide bonds. The van der Waals surface area contributed by atoms with Gasteiger partial charge >= 0.3 is 0 Å². The minimum atomic E-state index is -0.0875. The zero-order chi connectivity index (χ0) is 14.1. The summed E-state index contributed by atoms with van der Waals surface area (Å²) in [5.74, 6) is 5.44. The molecule has 4 aliphatic rings. The van der Waals surface area contributed by atoms with Crippen molar-refractivity contribution in [3.8, 4) is 6.07 Å². The summed E-state index contributed by atoms with van der Waals surface area (Å²) in [7, 11) is 0. The lowest BCUT2D eigenvalue weighted by molar-refractivity contribution is -0.0496. The van der Waals surface area contributed by atoms with E-state index < -0.39 is 0 Å². The van der Waals surface area contributed by atoms with E-state index in [-0.39, 0.29) is 11.5 Å². The highest BCUT2D eigenvalue weighted by atomic mass is 16.5. The first-order valence-electron chi connectivity index (χ1n) is 8.21. The molecule has 4 aliphatic carbocycles. The summed E-state index contributed by atoms with van der Waals surface area (Å²) in [6.45, 7) is 7.13. The Morgan fingerprint density at radius 3 is 2.35 bits per heavy atom. The normalized spacial score (nSPS) is 51.5. The number of rotatable bonds is 2. The summed E-state index contributed by atoms with van der Waals surface area (Å²) in [6.07, 6.45) is 7.57. The first-order chi connectivity index (χ1) is 9.49. The molecule has 4 rings (SSSR count). The molecular formula is C18H25NO. The topological polar surface area (TPSA) is 33.0 Å². The summed E-state index contributed by atoms with van der Waals surface area (Å²) in [6, 6.07) is 2.65. The fourth-order valence-electron chi connectivity index (χ4n) is 5.93. The summed E-state index contributed by atoms with van der Waals surface area (Å²) in [4.78, 5) is 0. The van der Waals surface area contributed by atoms with Gasteiger partial charge in [-0.05, 0) is 69.1 Å². The minimum absolute atomic E-state index is 0.0875. The molecule has 0 heterocycles. The molecule has 2 nitrogen and oxygen atoms in total. The highest BCUT2D eigenvalue weighted by molar-refractivity contribution is 5.23. The molecule has 3 fully saturated rings. The van der Waals surface area contributed by atoms with Crippen LogP contribution in [0.5, 0.6) is 0 Å². The van der Waals surface area contributed by atoms with Gasteiger partial charge in [-0.2, -0.15) is 5.26 Å². The maximum atomic E-state index is 9.65. The van der Waals surface area contributed by atoms with E-state index in [0.717, 1.165) is 36.2 Å². The first kappa shape index (κ1) is 12.9. The molecule has 4 bridgehead atoms. The fourth-order valence-corrected chi connectivity index (χ4v) is 5.93. The van der Waals surface area contributed by atoms with E-state index in [9.17, 15) is 5.26 Å². The number of hydrogen-bond acceptors (Lipinski definition) is 2. The number of allylic oxidation sites excluding steroid dienone is 2. The Morgan fingerprint density at radius 1 is 1.10 bits per heavy atom. The van der Waals surface area contributed by atoms with Crippen LogP contribution in [0.15, 0.2) is 12.2 Å². The average Bonchev–Trinajstić information content (AvgIpc) is 3.10. The predicted octanol–water partition coefficient (Wildman–Crippen LogP) is 3.65. The molecule has 8 atom stereocenters. The quantitative estimate of drug-likeness (QED) is 0.567. The Kier molecular flexibility index (Phi) is 2.65. The zero-order valence-corrected chi connectivity index (χ0v) is 12.8. The van der Waals surface area contributed by atoms with Crippen molar-refractivity contribution >= 4 is 0 Å². The number of fused-ring (bicyclic) bond motifs is 9. The minimum Gasteiger partial charge on any atom is -0.376 e. The van der Waals surface area contributed by atoms with Crippen molar-refractivity contribution in [3.63, 3.8) is 0 Å². The second-order valence-electron chi connectivity index (χ2n) is 8.41. The molecule has 0 radical (unpaired) electrons. The van der Waals surface area contributed by atoms with Gasteiger partial charge in [0, 0.05) is 5.92 Å². The maximum Gasteiger partial charge on any atom is 0.0662 e.